The van der Waals surface area contributed by atoms with Crippen molar-refractivity contribution in [3.05, 3.63) is 35.7 Å². The Morgan fingerprint density at radius 1 is 1.57 bits per heavy atom. The van der Waals surface area contributed by atoms with Gasteiger partial charge in [-0.15, -0.1) is 0 Å². The molecule has 0 atom stereocenters. The molecule has 2 heterocycles. The van der Waals surface area contributed by atoms with E-state index >= 15 is 0 Å². The van der Waals surface area contributed by atoms with Crippen LogP contribution in [0, 0.1) is 6.92 Å². The molecular formula is C10H10N2O2. The fourth-order valence-corrected chi connectivity index (χ4v) is 1.54. The van der Waals surface area contributed by atoms with Crippen molar-refractivity contribution in [2.24, 2.45) is 0 Å². The summed E-state index contributed by atoms with van der Waals surface area (Å²) in [6.45, 7) is 1.82. The number of rotatable bonds is 2. The van der Waals surface area contributed by atoms with Crippen molar-refractivity contribution in [3.63, 3.8) is 0 Å². The van der Waals surface area contributed by atoms with E-state index in [-0.39, 0.29) is 6.42 Å². The quantitative estimate of drug-likeness (QED) is 0.775. The van der Waals surface area contributed by atoms with Gasteiger partial charge in [-0.25, -0.2) is 4.52 Å². The van der Waals surface area contributed by atoms with Crippen LogP contribution in [0.1, 0.15) is 11.3 Å². The van der Waals surface area contributed by atoms with E-state index in [1.54, 1.807) is 4.52 Å². The standard InChI is InChI=1S/C10H10N2O2/c1-7-8(6-10(13)14)9-4-2-3-5-12(9)11-7/h2-5H,6H2,1H3,(H,13,14). The highest BCUT2D eigenvalue weighted by molar-refractivity contribution is 5.74. The van der Waals surface area contributed by atoms with Crippen LogP contribution in [-0.2, 0) is 11.2 Å². The second-order valence-corrected chi connectivity index (χ2v) is 3.16. The van der Waals surface area contributed by atoms with Gasteiger partial charge in [0.05, 0.1) is 17.6 Å². The normalized spacial score (nSPS) is 10.6. The maximum absolute atomic E-state index is 10.6. The Kier molecular flexibility index (Phi) is 1.96. The summed E-state index contributed by atoms with van der Waals surface area (Å²) >= 11 is 0. The van der Waals surface area contributed by atoms with E-state index in [0.29, 0.717) is 0 Å². The molecule has 4 heteroatoms. The summed E-state index contributed by atoms with van der Waals surface area (Å²) in [6, 6.07) is 5.62. The maximum atomic E-state index is 10.6. The summed E-state index contributed by atoms with van der Waals surface area (Å²) in [4.78, 5) is 10.6. The minimum atomic E-state index is -0.827. The lowest BCUT2D eigenvalue weighted by atomic mass is 10.1. The number of aromatic nitrogens is 2. The Labute approximate surface area is 80.8 Å². The van der Waals surface area contributed by atoms with Gasteiger partial charge >= 0.3 is 5.97 Å². The molecule has 0 radical (unpaired) electrons. The summed E-state index contributed by atoms with van der Waals surface area (Å²) < 4.78 is 1.70. The van der Waals surface area contributed by atoms with Crippen molar-refractivity contribution < 1.29 is 9.90 Å². The van der Waals surface area contributed by atoms with Crippen LogP contribution in [0.15, 0.2) is 24.4 Å². The molecule has 0 saturated carbocycles. The largest absolute Gasteiger partial charge is 0.481 e. The number of hydrogen-bond acceptors (Lipinski definition) is 2. The summed E-state index contributed by atoms with van der Waals surface area (Å²) in [7, 11) is 0. The van der Waals surface area contributed by atoms with Crippen LogP contribution in [0.3, 0.4) is 0 Å². The first-order chi connectivity index (χ1) is 6.68. The molecular weight excluding hydrogens is 180 g/mol. The lowest BCUT2D eigenvalue weighted by Crippen LogP contribution is -2.00. The van der Waals surface area contributed by atoms with E-state index in [1.165, 1.54) is 0 Å². The molecule has 14 heavy (non-hydrogen) atoms. The third-order valence-corrected chi connectivity index (χ3v) is 2.17. The number of fused-ring (bicyclic) bond motifs is 1. The molecule has 0 saturated heterocycles. The van der Waals surface area contributed by atoms with Crippen molar-refractivity contribution in [2.75, 3.05) is 0 Å². The van der Waals surface area contributed by atoms with Crippen LogP contribution in [0.5, 0.6) is 0 Å². The number of hydrogen-bond donors (Lipinski definition) is 1. The summed E-state index contributed by atoms with van der Waals surface area (Å²) in [6.07, 6.45) is 1.84. The van der Waals surface area contributed by atoms with E-state index in [4.69, 9.17) is 5.11 Å². The molecule has 0 spiro atoms. The average molecular weight is 190 g/mol. The van der Waals surface area contributed by atoms with Crippen LogP contribution >= 0.6 is 0 Å². The summed E-state index contributed by atoms with van der Waals surface area (Å²) in [5.41, 5.74) is 2.43. The van der Waals surface area contributed by atoms with Gasteiger partial charge in [0.15, 0.2) is 0 Å². The van der Waals surface area contributed by atoms with Crippen LogP contribution in [0.4, 0.5) is 0 Å². The van der Waals surface area contributed by atoms with Gasteiger partial charge in [0.2, 0.25) is 0 Å². The number of aliphatic carboxylic acids is 1. The van der Waals surface area contributed by atoms with E-state index in [9.17, 15) is 4.79 Å². The van der Waals surface area contributed by atoms with Crippen LogP contribution in [0.25, 0.3) is 5.52 Å². The van der Waals surface area contributed by atoms with Gasteiger partial charge in [-0.3, -0.25) is 4.79 Å². The molecule has 0 unspecified atom stereocenters. The topological polar surface area (TPSA) is 54.6 Å². The monoisotopic (exact) mass is 190 g/mol. The number of carbonyl (C=O) groups is 1. The van der Waals surface area contributed by atoms with Gasteiger partial charge < -0.3 is 5.11 Å². The van der Waals surface area contributed by atoms with Gasteiger partial charge in [0, 0.05) is 11.8 Å². The number of pyridine rings is 1. The molecule has 0 aliphatic rings. The molecule has 2 rings (SSSR count). The Morgan fingerprint density at radius 3 is 3.07 bits per heavy atom. The lowest BCUT2D eigenvalue weighted by molar-refractivity contribution is -0.136. The van der Waals surface area contributed by atoms with Crippen molar-refractivity contribution >= 4 is 11.5 Å². The van der Waals surface area contributed by atoms with Crippen molar-refractivity contribution in [1.29, 1.82) is 0 Å². The molecule has 0 bridgehead atoms. The molecule has 0 fully saturated rings. The van der Waals surface area contributed by atoms with E-state index in [2.05, 4.69) is 5.10 Å². The number of nitrogens with zero attached hydrogens (tertiary/aromatic N) is 2. The fraction of sp³-hybridized carbons (Fsp3) is 0.200. The maximum Gasteiger partial charge on any atom is 0.307 e. The van der Waals surface area contributed by atoms with Crippen molar-refractivity contribution in [3.8, 4) is 0 Å². The van der Waals surface area contributed by atoms with Crippen LogP contribution in [0.2, 0.25) is 0 Å². The molecule has 72 valence electrons. The zero-order valence-corrected chi connectivity index (χ0v) is 7.77. The van der Waals surface area contributed by atoms with Gasteiger partial charge in [-0.05, 0) is 19.1 Å². The SMILES string of the molecule is Cc1nn2ccccc2c1CC(=O)O. The molecule has 1 N–H and O–H groups in total. The second kappa shape index (κ2) is 3.14. The molecule has 0 aliphatic heterocycles. The highest BCUT2D eigenvalue weighted by Crippen LogP contribution is 2.15. The minimum absolute atomic E-state index is 0.0271. The first-order valence-electron chi connectivity index (χ1n) is 4.33. The molecule has 0 aliphatic carbocycles. The van der Waals surface area contributed by atoms with Gasteiger partial charge in [-0.1, -0.05) is 6.07 Å². The average Bonchev–Trinajstić information content (AvgIpc) is 2.43. The predicted octanol–water partition coefficient (Wildman–Crippen LogP) is 1.27. The first kappa shape index (κ1) is 8.74. The van der Waals surface area contributed by atoms with E-state index < -0.39 is 5.97 Å². The van der Waals surface area contributed by atoms with E-state index in [0.717, 1.165) is 16.8 Å². The molecule has 0 amide bonds. The first-order valence-corrected chi connectivity index (χ1v) is 4.33. The Balaban J connectivity index is 2.62. The van der Waals surface area contributed by atoms with Crippen LogP contribution < -0.4 is 0 Å². The van der Waals surface area contributed by atoms with E-state index in [1.807, 2.05) is 31.3 Å². The van der Waals surface area contributed by atoms with Gasteiger partial charge in [0.1, 0.15) is 0 Å². The molecule has 4 nitrogen and oxygen atoms in total. The van der Waals surface area contributed by atoms with Crippen molar-refractivity contribution in [2.45, 2.75) is 13.3 Å². The second-order valence-electron chi connectivity index (χ2n) is 3.16. The molecule has 0 aromatic carbocycles. The predicted molar refractivity (Wildman–Crippen MR) is 51.3 cm³/mol. The van der Waals surface area contributed by atoms with Gasteiger partial charge in [0.25, 0.3) is 0 Å². The lowest BCUT2D eigenvalue weighted by Gasteiger charge is -1.94. The highest BCUT2D eigenvalue weighted by atomic mass is 16.4. The minimum Gasteiger partial charge on any atom is -0.481 e. The summed E-state index contributed by atoms with van der Waals surface area (Å²) in [5.74, 6) is -0.827. The van der Waals surface area contributed by atoms with Gasteiger partial charge in [-0.2, -0.15) is 5.10 Å². The number of aryl methyl sites for hydroxylation is 1. The fourth-order valence-electron chi connectivity index (χ4n) is 1.54. The zero-order chi connectivity index (χ0) is 10.1. The number of carboxylic acids is 1. The Hall–Kier alpha value is -1.84. The Morgan fingerprint density at radius 2 is 2.36 bits per heavy atom. The third kappa shape index (κ3) is 1.35. The zero-order valence-electron chi connectivity index (χ0n) is 7.77. The highest BCUT2D eigenvalue weighted by Gasteiger charge is 2.11. The third-order valence-electron chi connectivity index (χ3n) is 2.17. The summed E-state index contributed by atoms with van der Waals surface area (Å²) in [5, 5.41) is 13.0. The number of carboxylic acid groups (broad SMARTS) is 1. The smallest absolute Gasteiger partial charge is 0.307 e. The van der Waals surface area contributed by atoms with Crippen LogP contribution in [-0.4, -0.2) is 20.7 Å². The molecule has 2 aromatic rings. The Bertz CT molecular complexity index is 488. The molecule has 2 aromatic heterocycles. The van der Waals surface area contributed by atoms with Crippen molar-refractivity contribution in [1.82, 2.24) is 9.61 Å².